The van der Waals surface area contributed by atoms with Crippen molar-refractivity contribution in [1.82, 2.24) is 19.8 Å². The Morgan fingerprint density at radius 1 is 1.42 bits per heavy atom. The number of nitrogens with zero attached hydrogens (tertiary/aromatic N) is 3. The molecule has 0 radical (unpaired) electrons. The van der Waals surface area contributed by atoms with Crippen LogP contribution in [0, 0.1) is 0 Å². The number of hydrogen-bond acceptors (Lipinski definition) is 4. The van der Waals surface area contributed by atoms with Gasteiger partial charge in [-0.25, -0.2) is 4.98 Å². The molecule has 1 aromatic carbocycles. The van der Waals surface area contributed by atoms with Crippen LogP contribution in [0.3, 0.4) is 0 Å². The van der Waals surface area contributed by atoms with Crippen LogP contribution < -0.4 is 5.32 Å². The van der Waals surface area contributed by atoms with Gasteiger partial charge in [0, 0.05) is 25.9 Å². The van der Waals surface area contributed by atoms with Crippen molar-refractivity contribution in [3.05, 3.63) is 48.0 Å². The minimum atomic E-state index is -0.0797. The second-order valence-electron chi connectivity index (χ2n) is 6.37. The van der Waals surface area contributed by atoms with Crippen LogP contribution in [0.15, 0.2) is 36.8 Å². The molecule has 1 aliphatic rings. The van der Waals surface area contributed by atoms with Gasteiger partial charge in [0.05, 0.1) is 29.4 Å². The van der Waals surface area contributed by atoms with Gasteiger partial charge < -0.3 is 19.5 Å². The summed E-state index contributed by atoms with van der Waals surface area (Å²) in [5.74, 6) is -0.0797. The smallest absolute Gasteiger partial charge is 0.253 e. The molecule has 6 nitrogen and oxygen atoms in total. The number of imidazole rings is 1. The van der Waals surface area contributed by atoms with Crippen LogP contribution in [-0.4, -0.2) is 53.7 Å². The van der Waals surface area contributed by atoms with Gasteiger partial charge in [-0.3, -0.25) is 4.79 Å². The zero-order valence-electron chi connectivity index (χ0n) is 14.2. The molecule has 6 heteroatoms. The number of aromatic nitrogens is 2. The van der Waals surface area contributed by atoms with Crippen molar-refractivity contribution in [1.29, 1.82) is 0 Å². The second kappa shape index (κ2) is 7.59. The van der Waals surface area contributed by atoms with Gasteiger partial charge in [0.15, 0.2) is 0 Å². The van der Waals surface area contributed by atoms with Gasteiger partial charge in [-0.05, 0) is 39.1 Å². The standard InChI is InChI=1S/C18H24N4O2/c1-21(2)11-14-12-22(13-20-14)17-8-4-3-7-16(17)18(23)19-10-15-6-5-9-24-15/h3-4,7-8,12-13,15H,5-6,9-11H2,1-2H3,(H,19,23)/t15-/m0/s1. The van der Waals surface area contributed by atoms with E-state index >= 15 is 0 Å². The Kier molecular flexibility index (Phi) is 5.27. The van der Waals surface area contributed by atoms with Gasteiger partial charge in [0.1, 0.15) is 0 Å². The van der Waals surface area contributed by atoms with Crippen molar-refractivity contribution in [2.75, 3.05) is 27.2 Å². The molecular weight excluding hydrogens is 304 g/mol. The predicted molar refractivity (Wildman–Crippen MR) is 92.3 cm³/mol. The molecule has 128 valence electrons. The van der Waals surface area contributed by atoms with E-state index in [0.29, 0.717) is 12.1 Å². The third-order valence-corrected chi connectivity index (χ3v) is 4.06. The Morgan fingerprint density at radius 3 is 3.00 bits per heavy atom. The van der Waals surface area contributed by atoms with Gasteiger partial charge in [-0.15, -0.1) is 0 Å². The van der Waals surface area contributed by atoms with E-state index in [2.05, 4.69) is 15.2 Å². The number of rotatable bonds is 6. The summed E-state index contributed by atoms with van der Waals surface area (Å²) in [7, 11) is 4.01. The number of benzene rings is 1. The molecule has 3 rings (SSSR count). The molecule has 1 aromatic heterocycles. The molecule has 0 unspecified atom stereocenters. The summed E-state index contributed by atoms with van der Waals surface area (Å²) in [6, 6.07) is 7.58. The molecule has 1 fully saturated rings. The van der Waals surface area contributed by atoms with Crippen molar-refractivity contribution in [3.63, 3.8) is 0 Å². The fourth-order valence-electron chi connectivity index (χ4n) is 2.90. The SMILES string of the molecule is CN(C)Cc1cn(-c2ccccc2C(=O)NC[C@@H]2CCCO2)cn1. The summed E-state index contributed by atoms with van der Waals surface area (Å²) >= 11 is 0. The van der Waals surface area contributed by atoms with E-state index in [1.807, 2.05) is 49.1 Å². The molecule has 0 aliphatic carbocycles. The van der Waals surface area contributed by atoms with Crippen molar-refractivity contribution >= 4 is 5.91 Å². The van der Waals surface area contributed by atoms with Crippen molar-refractivity contribution in [2.24, 2.45) is 0 Å². The van der Waals surface area contributed by atoms with Gasteiger partial charge in [-0.2, -0.15) is 0 Å². The monoisotopic (exact) mass is 328 g/mol. The first kappa shape index (κ1) is 16.7. The number of para-hydroxylation sites is 1. The van der Waals surface area contributed by atoms with E-state index in [9.17, 15) is 4.79 Å². The van der Waals surface area contributed by atoms with Gasteiger partial charge >= 0.3 is 0 Å². The molecule has 1 saturated heterocycles. The molecule has 1 aliphatic heterocycles. The summed E-state index contributed by atoms with van der Waals surface area (Å²) < 4.78 is 7.46. The highest BCUT2D eigenvalue weighted by Gasteiger charge is 2.18. The highest BCUT2D eigenvalue weighted by molar-refractivity contribution is 5.97. The topological polar surface area (TPSA) is 59.4 Å². The predicted octanol–water partition coefficient (Wildman–Crippen LogP) is 1.84. The second-order valence-corrected chi connectivity index (χ2v) is 6.37. The number of carbonyl (C=O) groups is 1. The van der Waals surface area contributed by atoms with E-state index < -0.39 is 0 Å². The van der Waals surface area contributed by atoms with E-state index in [-0.39, 0.29) is 12.0 Å². The molecule has 2 aromatic rings. The zero-order valence-corrected chi connectivity index (χ0v) is 14.2. The third-order valence-electron chi connectivity index (χ3n) is 4.06. The largest absolute Gasteiger partial charge is 0.376 e. The summed E-state index contributed by atoms with van der Waals surface area (Å²) in [5.41, 5.74) is 2.44. The first-order valence-electron chi connectivity index (χ1n) is 8.30. The van der Waals surface area contributed by atoms with E-state index in [1.54, 1.807) is 6.33 Å². The van der Waals surface area contributed by atoms with Crippen LogP contribution in [-0.2, 0) is 11.3 Å². The van der Waals surface area contributed by atoms with Crippen LogP contribution in [0.4, 0.5) is 0 Å². The van der Waals surface area contributed by atoms with Crippen molar-refractivity contribution in [2.45, 2.75) is 25.5 Å². The Bertz CT molecular complexity index is 690. The molecule has 1 amide bonds. The highest BCUT2D eigenvalue weighted by atomic mass is 16.5. The molecule has 1 atom stereocenters. The van der Waals surface area contributed by atoms with Crippen molar-refractivity contribution < 1.29 is 9.53 Å². The Labute approximate surface area is 142 Å². The fraction of sp³-hybridized carbons (Fsp3) is 0.444. The van der Waals surface area contributed by atoms with E-state index in [0.717, 1.165) is 37.4 Å². The van der Waals surface area contributed by atoms with Gasteiger partial charge in [-0.1, -0.05) is 12.1 Å². The Balaban J connectivity index is 1.74. The van der Waals surface area contributed by atoms with Crippen molar-refractivity contribution in [3.8, 4) is 5.69 Å². The summed E-state index contributed by atoms with van der Waals surface area (Å²) in [6.45, 7) is 2.12. The van der Waals surface area contributed by atoms with E-state index in [4.69, 9.17) is 4.74 Å². The van der Waals surface area contributed by atoms with Crippen LogP contribution in [0.2, 0.25) is 0 Å². The van der Waals surface area contributed by atoms with E-state index in [1.165, 1.54) is 0 Å². The fourth-order valence-corrected chi connectivity index (χ4v) is 2.90. The lowest BCUT2D eigenvalue weighted by Crippen LogP contribution is -2.32. The van der Waals surface area contributed by atoms with Crippen LogP contribution in [0.1, 0.15) is 28.9 Å². The average molecular weight is 328 g/mol. The normalized spacial score (nSPS) is 17.4. The quantitative estimate of drug-likeness (QED) is 0.879. The first-order chi connectivity index (χ1) is 11.6. The minimum Gasteiger partial charge on any atom is -0.376 e. The molecule has 1 N–H and O–H groups in total. The van der Waals surface area contributed by atoms with Crippen LogP contribution in [0.5, 0.6) is 0 Å². The maximum Gasteiger partial charge on any atom is 0.253 e. The number of amides is 1. The first-order valence-corrected chi connectivity index (χ1v) is 8.30. The molecule has 0 saturated carbocycles. The lowest BCUT2D eigenvalue weighted by Gasteiger charge is -2.13. The molecule has 0 bridgehead atoms. The number of hydrogen-bond donors (Lipinski definition) is 1. The van der Waals surface area contributed by atoms with Crippen LogP contribution >= 0.6 is 0 Å². The highest BCUT2D eigenvalue weighted by Crippen LogP contribution is 2.16. The molecular formula is C18H24N4O2. The number of nitrogens with one attached hydrogen (secondary N) is 1. The summed E-state index contributed by atoms with van der Waals surface area (Å²) in [5, 5.41) is 2.98. The van der Waals surface area contributed by atoms with Gasteiger partial charge in [0.25, 0.3) is 5.91 Å². The van der Waals surface area contributed by atoms with Crippen LogP contribution in [0.25, 0.3) is 5.69 Å². The summed E-state index contributed by atoms with van der Waals surface area (Å²) in [6.07, 6.45) is 5.94. The Morgan fingerprint density at radius 2 is 2.25 bits per heavy atom. The molecule has 24 heavy (non-hydrogen) atoms. The molecule has 0 spiro atoms. The summed E-state index contributed by atoms with van der Waals surface area (Å²) in [4.78, 5) is 19.0. The van der Waals surface area contributed by atoms with Gasteiger partial charge in [0.2, 0.25) is 0 Å². The third kappa shape index (κ3) is 4.01. The number of carbonyl (C=O) groups excluding carboxylic acids is 1. The molecule has 2 heterocycles. The maximum atomic E-state index is 12.6. The lowest BCUT2D eigenvalue weighted by molar-refractivity contribution is 0.0858. The Hall–Kier alpha value is -2.18. The number of ether oxygens (including phenoxy) is 1. The zero-order chi connectivity index (χ0) is 16.9. The average Bonchev–Trinajstić information content (AvgIpc) is 3.24. The lowest BCUT2D eigenvalue weighted by atomic mass is 10.1. The maximum absolute atomic E-state index is 12.6. The minimum absolute atomic E-state index is 0.0797.